The SMILES string of the molecule is Nc1csc(NN=Cc2ccc3ccn(Cc4ccccc4)c3c2)n1. The minimum atomic E-state index is 0.503. The molecule has 0 aliphatic heterocycles. The van der Waals surface area contributed by atoms with E-state index in [-0.39, 0.29) is 0 Å². The van der Waals surface area contributed by atoms with Crippen LogP contribution in [0.3, 0.4) is 0 Å². The van der Waals surface area contributed by atoms with Crippen molar-refractivity contribution < 1.29 is 0 Å². The number of nitrogen functional groups attached to an aromatic ring is 1. The molecule has 2 aromatic heterocycles. The van der Waals surface area contributed by atoms with Gasteiger partial charge in [-0.2, -0.15) is 5.10 Å². The Bertz CT molecular complexity index is 1020. The molecular weight excluding hydrogens is 330 g/mol. The molecule has 0 spiro atoms. The summed E-state index contributed by atoms with van der Waals surface area (Å²) >= 11 is 1.43. The quantitative estimate of drug-likeness (QED) is 0.420. The molecule has 3 N–H and O–H groups in total. The highest BCUT2D eigenvalue weighted by Gasteiger charge is 2.03. The lowest BCUT2D eigenvalue weighted by atomic mass is 10.2. The van der Waals surface area contributed by atoms with E-state index in [0.29, 0.717) is 10.9 Å². The highest BCUT2D eigenvalue weighted by molar-refractivity contribution is 7.14. The van der Waals surface area contributed by atoms with Gasteiger partial charge < -0.3 is 10.3 Å². The van der Waals surface area contributed by atoms with Crippen LogP contribution in [0.1, 0.15) is 11.1 Å². The van der Waals surface area contributed by atoms with Crippen molar-refractivity contribution in [2.24, 2.45) is 5.10 Å². The Morgan fingerprint density at radius 1 is 1.16 bits per heavy atom. The van der Waals surface area contributed by atoms with Crippen LogP contribution in [0.25, 0.3) is 10.9 Å². The summed E-state index contributed by atoms with van der Waals surface area (Å²) in [6.07, 6.45) is 3.91. The molecule has 0 aliphatic rings. The third-order valence-corrected chi connectivity index (χ3v) is 4.65. The minimum absolute atomic E-state index is 0.503. The van der Waals surface area contributed by atoms with Crippen LogP contribution in [0.5, 0.6) is 0 Å². The lowest BCUT2D eigenvalue weighted by Crippen LogP contribution is -1.98. The molecule has 2 heterocycles. The number of rotatable bonds is 5. The molecule has 0 radical (unpaired) electrons. The fourth-order valence-electron chi connectivity index (χ4n) is 2.70. The van der Waals surface area contributed by atoms with Crippen LogP contribution >= 0.6 is 11.3 Å². The van der Waals surface area contributed by atoms with Crippen LogP contribution in [0.2, 0.25) is 0 Å². The molecule has 124 valence electrons. The van der Waals surface area contributed by atoms with E-state index in [0.717, 1.165) is 12.1 Å². The van der Waals surface area contributed by atoms with Gasteiger partial charge in [0.15, 0.2) is 0 Å². The Morgan fingerprint density at radius 2 is 2.04 bits per heavy atom. The zero-order chi connectivity index (χ0) is 17.1. The standard InChI is InChI=1S/C19H17N5S/c20-18-13-25-19(22-18)23-21-11-15-6-7-16-8-9-24(17(16)10-15)12-14-4-2-1-3-5-14/h1-11,13H,12,20H2,(H,22,23). The summed E-state index contributed by atoms with van der Waals surface area (Å²) < 4.78 is 2.25. The normalized spacial score (nSPS) is 11.4. The molecule has 5 nitrogen and oxygen atoms in total. The monoisotopic (exact) mass is 347 g/mol. The number of hydrogen-bond acceptors (Lipinski definition) is 5. The fraction of sp³-hybridized carbons (Fsp3) is 0.0526. The first-order chi connectivity index (χ1) is 12.3. The average molecular weight is 347 g/mol. The second kappa shape index (κ2) is 6.78. The van der Waals surface area contributed by atoms with Crippen molar-refractivity contribution in [3.05, 3.63) is 77.3 Å². The average Bonchev–Trinajstić information content (AvgIpc) is 3.22. The molecule has 0 aliphatic carbocycles. The fourth-order valence-corrected chi connectivity index (χ4v) is 3.25. The molecule has 0 atom stereocenters. The summed E-state index contributed by atoms with van der Waals surface area (Å²) in [6.45, 7) is 0.849. The van der Waals surface area contributed by atoms with Crippen LogP contribution in [-0.2, 0) is 6.54 Å². The molecule has 25 heavy (non-hydrogen) atoms. The lowest BCUT2D eigenvalue weighted by molar-refractivity contribution is 0.837. The molecular formula is C19H17N5S. The van der Waals surface area contributed by atoms with Gasteiger partial charge in [0.05, 0.1) is 6.21 Å². The molecule has 4 rings (SSSR count). The second-order valence-electron chi connectivity index (χ2n) is 5.70. The van der Waals surface area contributed by atoms with Gasteiger partial charge in [0.1, 0.15) is 5.82 Å². The van der Waals surface area contributed by atoms with Crippen molar-refractivity contribution in [1.82, 2.24) is 9.55 Å². The predicted octanol–water partition coefficient (Wildman–Crippen LogP) is 4.17. The summed E-state index contributed by atoms with van der Waals surface area (Å²) in [4.78, 5) is 4.11. The first kappa shape index (κ1) is 15.4. The first-order valence-electron chi connectivity index (χ1n) is 7.91. The van der Waals surface area contributed by atoms with Crippen LogP contribution in [0, 0.1) is 0 Å². The van der Waals surface area contributed by atoms with Crippen molar-refractivity contribution in [3.63, 3.8) is 0 Å². The third-order valence-electron chi connectivity index (χ3n) is 3.89. The zero-order valence-electron chi connectivity index (χ0n) is 13.5. The second-order valence-corrected chi connectivity index (χ2v) is 6.55. The Hall–Kier alpha value is -3.12. The van der Waals surface area contributed by atoms with Crippen molar-refractivity contribution in [1.29, 1.82) is 0 Å². The van der Waals surface area contributed by atoms with Crippen molar-refractivity contribution in [2.75, 3.05) is 11.2 Å². The Morgan fingerprint density at radius 3 is 2.84 bits per heavy atom. The first-order valence-corrected chi connectivity index (χ1v) is 8.79. The maximum Gasteiger partial charge on any atom is 0.205 e. The summed E-state index contributed by atoms with van der Waals surface area (Å²) in [5.41, 5.74) is 12.0. The van der Waals surface area contributed by atoms with Crippen LogP contribution < -0.4 is 11.2 Å². The number of hydrogen-bond donors (Lipinski definition) is 2. The minimum Gasteiger partial charge on any atom is -0.383 e. The highest BCUT2D eigenvalue weighted by Crippen LogP contribution is 2.19. The van der Waals surface area contributed by atoms with Gasteiger partial charge in [0.25, 0.3) is 0 Å². The van der Waals surface area contributed by atoms with E-state index >= 15 is 0 Å². The number of anilines is 2. The Labute approximate surface area is 149 Å². The topological polar surface area (TPSA) is 68.2 Å². The molecule has 0 fully saturated rings. The molecule has 6 heteroatoms. The number of aromatic nitrogens is 2. The van der Waals surface area contributed by atoms with Gasteiger partial charge in [-0.1, -0.05) is 42.5 Å². The van der Waals surface area contributed by atoms with Gasteiger partial charge in [-0.25, -0.2) is 4.98 Å². The number of hydrazone groups is 1. The number of nitrogens with one attached hydrogen (secondary N) is 1. The van der Waals surface area contributed by atoms with E-state index in [9.17, 15) is 0 Å². The highest BCUT2D eigenvalue weighted by atomic mass is 32.1. The number of nitrogens with zero attached hydrogens (tertiary/aromatic N) is 3. The van der Waals surface area contributed by atoms with Gasteiger partial charge >= 0.3 is 0 Å². The third kappa shape index (κ3) is 3.54. The van der Waals surface area contributed by atoms with E-state index < -0.39 is 0 Å². The van der Waals surface area contributed by atoms with E-state index in [4.69, 9.17) is 5.73 Å². The maximum absolute atomic E-state index is 5.60. The van der Waals surface area contributed by atoms with Gasteiger partial charge in [0, 0.05) is 23.6 Å². The van der Waals surface area contributed by atoms with E-state index in [1.165, 1.54) is 27.8 Å². The summed E-state index contributed by atoms with van der Waals surface area (Å²) in [5, 5.41) is 7.92. The summed E-state index contributed by atoms with van der Waals surface area (Å²) in [6, 6.07) is 18.9. The Kier molecular flexibility index (Phi) is 4.18. The largest absolute Gasteiger partial charge is 0.383 e. The number of benzene rings is 2. The van der Waals surface area contributed by atoms with Gasteiger partial charge in [0.2, 0.25) is 5.13 Å². The summed E-state index contributed by atoms with van der Waals surface area (Å²) in [5.74, 6) is 0.503. The number of nitrogens with two attached hydrogens (primary N) is 1. The summed E-state index contributed by atoms with van der Waals surface area (Å²) in [7, 11) is 0. The zero-order valence-corrected chi connectivity index (χ0v) is 14.3. The molecule has 0 saturated heterocycles. The molecule has 0 unspecified atom stereocenters. The van der Waals surface area contributed by atoms with Gasteiger partial charge in [-0.3, -0.25) is 5.43 Å². The molecule has 0 bridgehead atoms. The predicted molar refractivity (Wildman–Crippen MR) is 105 cm³/mol. The number of thiazole rings is 1. The van der Waals surface area contributed by atoms with Gasteiger partial charge in [-0.15, -0.1) is 11.3 Å². The van der Waals surface area contributed by atoms with Crippen LogP contribution in [-0.4, -0.2) is 15.8 Å². The number of fused-ring (bicyclic) bond motifs is 1. The molecule has 4 aromatic rings. The van der Waals surface area contributed by atoms with Crippen molar-refractivity contribution in [2.45, 2.75) is 6.54 Å². The maximum atomic E-state index is 5.60. The molecule has 0 saturated carbocycles. The smallest absolute Gasteiger partial charge is 0.205 e. The lowest BCUT2D eigenvalue weighted by Gasteiger charge is -2.06. The van der Waals surface area contributed by atoms with Crippen molar-refractivity contribution >= 4 is 39.4 Å². The van der Waals surface area contributed by atoms with E-state index in [1.807, 2.05) is 6.07 Å². The molecule has 0 amide bonds. The van der Waals surface area contributed by atoms with Crippen LogP contribution in [0.4, 0.5) is 10.9 Å². The Balaban J connectivity index is 1.55. The van der Waals surface area contributed by atoms with E-state index in [1.54, 1.807) is 11.6 Å². The van der Waals surface area contributed by atoms with Crippen molar-refractivity contribution in [3.8, 4) is 0 Å². The van der Waals surface area contributed by atoms with E-state index in [2.05, 4.69) is 74.8 Å². The van der Waals surface area contributed by atoms with Gasteiger partial charge in [-0.05, 0) is 28.6 Å². The van der Waals surface area contributed by atoms with Crippen LogP contribution in [0.15, 0.2) is 71.3 Å². The molecule has 2 aromatic carbocycles.